The van der Waals surface area contributed by atoms with Crippen molar-refractivity contribution in [3.8, 4) is 6.07 Å². The topological polar surface area (TPSA) is 44.1 Å². The number of nitriles is 1. The van der Waals surface area contributed by atoms with Crippen molar-refractivity contribution in [2.45, 2.75) is 40.0 Å². The van der Waals surface area contributed by atoms with E-state index in [0.717, 1.165) is 31.5 Å². The highest BCUT2D eigenvalue weighted by Crippen LogP contribution is 2.12. The smallest absolute Gasteiger partial charge is 0.226 e. The van der Waals surface area contributed by atoms with Gasteiger partial charge in [0, 0.05) is 13.1 Å². The van der Waals surface area contributed by atoms with E-state index in [9.17, 15) is 4.79 Å². The fourth-order valence-electron chi connectivity index (χ4n) is 2.25. The van der Waals surface area contributed by atoms with Gasteiger partial charge >= 0.3 is 0 Å². The maximum absolute atomic E-state index is 12.3. The van der Waals surface area contributed by atoms with Crippen LogP contribution >= 0.6 is 0 Å². The van der Waals surface area contributed by atoms with E-state index in [1.54, 1.807) is 12.1 Å². The third-order valence-corrected chi connectivity index (χ3v) is 3.81. The van der Waals surface area contributed by atoms with Gasteiger partial charge in [0.25, 0.3) is 0 Å². The molecule has 0 aliphatic carbocycles. The number of likely N-dealkylation sites (N-methyl/N-ethyl adjacent to an activating group) is 1. The van der Waals surface area contributed by atoms with Crippen LogP contribution in [0.15, 0.2) is 24.3 Å². The number of benzene rings is 1. The first-order valence-corrected chi connectivity index (χ1v) is 7.41. The second-order valence-electron chi connectivity index (χ2n) is 5.10. The second-order valence-corrected chi connectivity index (χ2v) is 5.10. The molecule has 0 spiro atoms. The number of rotatable bonds is 7. The summed E-state index contributed by atoms with van der Waals surface area (Å²) in [7, 11) is 0. The van der Waals surface area contributed by atoms with E-state index >= 15 is 0 Å². The Balaban J connectivity index is 2.64. The van der Waals surface area contributed by atoms with Crippen LogP contribution in [-0.4, -0.2) is 23.9 Å². The summed E-state index contributed by atoms with van der Waals surface area (Å²) in [6.45, 7) is 7.98. The first-order chi connectivity index (χ1) is 9.64. The zero-order valence-electron chi connectivity index (χ0n) is 12.7. The predicted molar refractivity (Wildman–Crippen MR) is 81.2 cm³/mol. The molecule has 1 aromatic rings. The molecular formula is C17H24N2O. The summed E-state index contributed by atoms with van der Waals surface area (Å²) in [4.78, 5) is 14.3. The molecule has 0 aromatic heterocycles. The number of hydrogen-bond donors (Lipinski definition) is 0. The number of nitrogens with zero attached hydrogens (tertiary/aromatic N) is 2. The molecule has 1 rings (SSSR count). The lowest BCUT2D eigenvalue weighted by atomic mass is 10.0. The van der Waals surface area contributed by atoms with Gasteiger partial charge in [-0.15, -0.1) is 0 Å². The molecule has 0 heterocycles. The van der Waals surface area contributed by atoms with Crippen molar-refractivity contribution >= 4 is 5.91 Å². The van der Waals surface area contributed by atoms with Crippen molar-refractivity contribution < 1.29 is 4.79 Å². The summed E-state index contributed by atoms with van der Waals surface area (Å²) in [6.07, 6.45) is 2.63. The van der Waals surface area contributed by atoms with Crippen LogP contribution in [0.2, 0.25) is 0 Å². The molecule has 1 amide bonds. The Hall–Kier alpha value is -1.82. The molecule has 0 atom stereocenters. The average molecular weight is 272 g/mol. The Morgan fingerprint density at radius 3 is 2.25 bits per heavy atom. The lowest BCUT2D eigenvalue weighted by Gasteiger charge is -2.25. The Kier molecular flexibility index (Phi) is 6.79. The number of carbonyl (C=O) groups is 1. The molecule has 0 radical (unpaired) electrons. The number of amides is 1. The summed E-state index contributed by atoms with van der Waals surface area (Å²) in [5.41, 5.74) is 1.60. The van der Waals surface area contributed by atoms with E-state index in [1.165, 1.54) is 0 Å². The minimum absolute atomic E-state index is 0.170. The van der Waals surface area contributed by atoms with E-state index in [4.69, 9.17) is 5.26 Å². The zero-order valence-corrected chi connectivity index (χ0v) is 12.7. The highest BCUT2D eigenvalue weighted by Gasteiger charge is 2.15. The second kappa shape index (κ2) is 8.37. The van der Waals surface area contributed by atoms with E-state index in [2.05, 4.69) is 19.9 Å². The molecule has 0 aliphatic rings. The first kappa shape index (κ1) is 16.2. The highest BCUT2D eigenvalue weighted by atomic mass is 16.2. The summed E-state index contributed by atoms with van der Waals surface area (Å²) < 4.78 is 0. The molecule has 0 unspecified atom stereocenters. The lowest BCUT2D eigenvalue weighted by Crippen LogP contribution is -2.36. The monoisotopic (exact) mass is 272 g/mol. The van der Waals surface area contributed by atoms with Crippen molar-refractivity contribution in [1.29, 1.82) is 5.26 Å². The van der Waals surface area contributed by atoms with Gasteiger partial charge in [-0.2, -0.15) is 5.26 Å². The van der Waals surface area contributed by atoms with Crippen molar-refractivity contribution in [1.82, 2.24) is 4.90 Å². The Morgan fingerprint density at radius 1 is 1.20 bits per heavy atom. The Bertz CT molecular complexity index is 455. The molecule has 3 nitrogen and oxygen atoms in total. The average Bonchev–Trinajstić information content (AvgIpc) is 2.49. The van der Waals surface area contributed by atoms with Gasteiger partial charge in [0.15, 0.2) is 0 Å². The zero-order chi connectivity index (χ0) is 15.0. The summed E-state index contributed by atoms with van der Waals surface area (Å²) in [5.74, 6) is 0.754. The van der Waals surface area contributed by atoms with Crippen molar-refractivity contribution in [3.63, 3.8) is 0 Å². The maximum atomic E-state index is 12.3. The number of hydrogen-bond acceptors (Lipinski definition) is 2. The van der Waals surface area contributed by atoms with Crippen LogP contribution in [-0.2, 0) is 11.2 Å². The van der Waals surface area contributed by atoms with Gasteiger partial charge in [-0.3, -0.25) is 4.79 Å². The van der Waals surface area contributed by atoms with Crippen LogP contribution in [0, 0.1) is 17.2 Å². The molecule has 108 valence electrons. The van der Waals surface area contributed by atoms with Gasteiger partial charge in [0.2, 0.25) is 5.91 Å². The molecule has 0 aliphatic heterocycles. The van der Waals surface area contributed by atoms with E-state index < -0.39 is 0 Å². The van der Waals surface area contributed by atoms with E-state index in [1.807, 2.05) is 24.0 Å². The molecular weight excluding hydrogens is 248 g/mol. The molecule has 0 saturated carbocycles. The minimum atomic E-state index is 0.170. The minimum Gasteiger partial charge on any atom is -0.342 e. The standard InChI is InChI=1S/C17H24N2O/c1-4-14(5-2)13-19(6-3)17(20)11-15-7-9-16(12-18)10-8-15/h7-10,14H,4-6,11,13H2,1-3H3. The largest absolute Gasteiger partial charge is 0.342 e. The van der Waals surface area contributed by atoms with Gasteiger partial charge in [-0.1, -0.05) is 38.8 Å². The van der Waals surface area contributed by atoms with E-state index in [-0.39, 0.29) is 5.91 Å². The summed E-state index contributed by atoms with van der Waals surface area (Å²) in [6, 6.07) is 9.34. The predicted octanol–water partition coefficient (Wildman–Crippen LogP) is 3.39. The Labute approximate surface area is 122 Å². The molecule has 1 aromatic carbocycles. The molecule has 3 heteroatoms. The molecule has 0 bridgehead atoms. The Morgan fingerprint density at radius 2 is 1.80 bits per heavy atom. The van der Waals surface area contributed by atoms with Crippen LogP contribution in [0.3, 0.4) is 0 Å². The van der Waals surface area contributed by atoms with E-state index in [0.29, 0.717) is 17.9 Å². The quantitative estimate of drug-likeness (QED) is 0.763. The van der Waals surface area contributed by atoms with Gasteiger partial charge in [-0.25, -0.2) is 0 Å². The fourth-order valence-corrected chi connectivity index (χ4v) is 2.25. The third kappa shape index (κ3) is 4.70. The van der Waals surface area contributed by atoms with Crippen LogP contribution in [0.25, 0.3) is 0 Å². The fraction of sp³-hybridized carbons (Fsp3) is 0.529. The van der Waals surface area contributed by atoms with Crippen LogP contribution < -0.4 is 0 Å². The molecule has 0 N–H and O–H groups in total. The van der Waals surface area contributed by atoms with Crippen molar-refractivity contribution in [2.75, 3.05) is 13.1 Å². The van der Waals surface area contributed by atoms with Gasteiger partial charge < -0.3 is 4.90 Å². The maximum Gasteiger partial charge on any atom is 0.226 e. The van der Waals surface area contributed by atoms with Crippen molar-refractivity contribution in [3.05, 3.63) is 35.4 Å². The molecule has 0 saturated heterocycles. The third-order valence-electron chi connectivity index (χ3n) is 3.81. The normalized spacial score (nSPS) is 10.3. The van der Waals surface area contributed by atoms with Crippen molar-refractivity contribution in [2.24, 2.45) is 5.92 Å². The SMILES string of the molecule is CCC(CC)CN(CC)C(=O)Cc1ccc(C#N)cc1. The lowest BCUT2D eigenvalue weighted by molar-refractivity contribution is -0.130. The van der Waals surface area contributed by atoms with Gasteiger partial charge in [-0.05, 0) is 30.5 Å². The summed E-state index contributed by atoms with van der Waals surface area (Å²) >= 11 is 0. The van der Waals surface area contributed by atoms with Gasteiger partial charge in [0.1, 0.15) is 0 Å². The summed E-state index contributed by atoms with van der Waals surface area (Å²) in [5, 5.41) is 8.76. The number of carbonyl (C=O) groups excluding carboxylic acids is 1. The highest BCUT2D eigenvalue weighted by molar-refractivity contribution is 5.78. The first-order valence-electron chi connectivity index (χ1n) is 7.41. The van der Waals surface area contributed by atoms with Gasteiger partial charge in [0.05, 0.1) is 18.1 Å². The van der Waals surface area contributed by atoms with Crippen LogP contribution in [0.4, 0.5) is 0 Å². The molecule has 0 fully saturated rings. The molecule has 20 heavy (non-hydrogen) atoms. The van der Waals surface area contributed by atoms with Crippen LogP contribution in [0.5, 0.6) is 0 Å². The van der Waals surface area contributed by atoms with Crippen LogP contribution in [0.1, 0.15) is 44.7 Å².